The maximum absolute atomic E-state index is 12.8. The van der Waals surface area contributed by atoms with E-state index in [1.165, 1.54) is 0 Å². The minimum Gasteiger partial charge on any atom is -0.478 e. The number of carbonyl (C=O) groups is 3. The van der Waals surface area contributed by atoms with Gasteiger partial charge in [0.25, 0.3) is 0 Å². The van der Waals surface area contributed by atoms with Crippen molar-refractivity contribution in [3.8, 4) is 0 Å². The van der Waals surface area contributed by atoms with Crippen molar-refractivity contribution in [3.05, 3.63) is 42.5 Å². The van der Waals surface area contributed by atoms with Gasteiger partial charge in [-0.2, -0.15) is 0 Å². The molecule has 2 rings (SSSR count). The molecule has 2 amide bonds. The van der Waals surface area contributed by atoms with E-state index in [0.29, 0.717) is 55.9 Å². The van der Waals surface area contributed by atoms with Gasteiger partial charge < -0.3 is 25.3 Å². The number of carbonyl (C=O) groups excluding carboxylic acids is 1. The molecule has 11 heteroatoms. The van der Waals surface area contributed by atoms with Gasteiger partial charge in [-0.15, -0.1) is 0 Å². The van der Waals surface area contributed by atoms with Crippen LogP contribution in [0.1, 0.15) is 33.1 Å². The summed E-state index contributed by atoms with van der Waals surface area (Å²) in [5.74, 6) is -2.51. The van der Waals surface area contributed by atoms with Crippen molar-refractivity contribution in [1.82, 2.24) is 15.1 Å². The second kappa shape index (κ2) is 15.1. The molecule has 190 valence electrons. The van der Waals surface area contributed by atoms with E-state index in [9.17, 15) is 22.8 Å². The second-order valence-corrected chi connectivity index (χ2v) is 9.89. The van der Waals surface area contributed by atoms with Gasteiger partial charge in [0.15, 0.2) is 9.84 Å². The first-order valence-electron chi connectivity index (χ1n) is 11.3. The fourth-order valence-electron chi connectivity index (χ4n) is 3.50. The van der Waals surface area contributed by atoms with E-state index < -0.39 is 27.0 Å². The Morgan fingerprint density at radius 3 is 2.15 bits per heavy atom. The first-order valence-corrected chi connectivity index (χ1v) is 12.8. The van der Waals surface area contributed by atoms with E-state index in [2.05, 4.69) is 24.1 Å². The van der Waals surface area contributed by atoms with Crippen molar-refractivity contribution in [2.75, 3.05) is 39.3 Å². The van der Waals surface area contributed by atoms with Crippen molar-refractivity contribution in [2.24, 2.45) is 0 Å². The molecule has 0 radical (unpaired) electrons. The Hall–Kier alpha value is -2.92. The van der Waals surface area contributed by atoms with Gasteiger partial charge in [-0.3, -0.25) is 0 Å². The van der Waals surface area contributed by atoms with Crippen molar-refractivity contribution >= 4 is 27.8 Å². The standard InChI is InChI=1S/C19H31N3O3S.C4H4O4/c1-3-21(4-2)16-13-20-19(23)22-14-8-11-18(12-15-22)26(24,25)17-9-6-5-7-10-17;5-3(6)1-2-4(7)8/h5-7,9-10,18H,3-4,8,11-16H2,1-2H3,(H,20,23);1-2H,(H,5,6)(H,7,8)/b;2-1+. The number of urea groups is 1. The molecule has 0 aromatic heterocycles. The first-order chi connectivity index (χ1) is 16.1. The molecule has 0 aliphatic carbocycles. The van der Waals surface area contributed by atoms with Crippen molar-refractivity contribution in [2.45, 2.75) is 43.3 Å². The Morgan fingerprint density at radius 2 is 1.62 bits per heavy atom. The SMILES string of the molecule is CCN(CC)CCNC(=O)N1CCCC(S(=O)(=O)c2ccccc2)CC1.O=C(O)/C=C/C(=O)O. The summed E-state index contributed by atoms with van der Waals surface area (Å²) >= 11 is 0. The lowest BCUT2D eigenvalue weighted by molar-refractivity contribution is -0.134. The molecule has 0 spiro atoms. The molecule has 0 bridgehead atoms. The summed E-state index contributed by atoms with van der Waals surface area (Å²) in [5.41, 5.74) is 0. The number of hydrogen-bond donors (Lipinski definition) is 3. The molecule has 1 aromatic rings. The zero-order valence-electron chi connectivity index (χ0n) is 19.7. The van der Waals surface area contributed by atoms with Gasteiger partial charge in [-0.1, -0.05) is 32.0 Å². The summed E-state index contributed by atoms with van der Waals surface area (Å²) < 4.78 is 25.6. The number of benzene rings is 1. The average Bonchev–Trinajstić information content (AvgIpc) is 3.08. The highest BCUT2D eigenvalue weighted by molar-refractivity contribution is 7.92. The van der Waals surface area contributed by atoms with Crippen molar-refractivity contribution < 1.29 is 33.0 Å². The number of hydrogen-bond acceptors (Lipinski definition) is 6. The van der Waals surface area contributed by atoms with Gasteiger partial charge in [-0.05, 0) is 44.5 Å². The third-order valence-electron chi connectivity index (χ3n) is 5.44. The molecule has 1 aromatic carbocycles. The maximum atomic E-state index is 12.8. The van der Waals surface area contributed by atoms with Crippen LogP contribution in [0.15, 0.2) is 47.4 Å². The molecule has 34 heavy (non-hydrogen) atoms. The monoisotopic (exact) mass is 497 g/mol. The van der Waals surface area contributed by atoms with Crippen LogP contribution >= 0.6 is 0 Å². The van der Waals surface area contributed by atoms with E-state index in [1.54, 1.807) is 29.2 Å². The van der Waals surface area contributed by atoms with Crippen molar-refractivity contribution in [1.29, 1.82) is 0 Å². The van der Waals surface area contributed by atoms with Gasteiger partial charge in [0.05, 0.1) is 10.1 Å². The molecule has 1 saturated heterocycles. The van der Waals surface area contributed by atoms with Gasteiger partial charge in [-0.25, -0.2) is 22.8 Å². The van der Waals surface area contributed by atoms with Crippen LogP contribution in [-0.2, 0) is 19.4 Å². The molecule has 1 unspecified atom stereocenters. The Bertz CT molecular complexity index is 900. The molecule has 1 aliphatic heterocycles. The maximum Gasteiger partial charge on any atom is 0.328 e. The van der Waals surface area contributed by atoms with E-state index in [0.717, 1.165) is 19.6 Å². The van der Waals surface area contributed by atoms with Gasteiger partial charge in [0, 0.05) is 38.3 Å². The molecular formula is C23H35N3O7S. The molecule has 0 saturated carbocycles. The Kier molecular flexibility index (Phi) is 12.9. The third kappa shape index (κ3) is 10.3. The highest BCUT2D eigenvalue weighted by Gasteiger charge is 2.30. The van der Waals surface area contributed by atoms with Crippen LogP contribution in [0.25, 0.3) is 0 Å². The first kappa shape index (κ1) is 29.1. The minimum atomic E-state index is -3.33. The number of likely N-dealkylation sites (N-methyl/N-ethyl adjacent to an activating group) is 1. The van der Waals surface area contributed by atoms with Crippen molar-refractivity contribution in [3.63, 3.8) is 0 Å². The van der Waals surface area contributed by atoms with Crippen LogP contribution in [0.2, 0.25) is 0 Å². The molecular weight excluding hydrogens is 462 g/mol. The summed E-state index contributed by atoms with van der Waals surface area (Å²) in [6.07, 6.45) is 2.91. The number of amides is 2. The van der Waals surface area contributed by atoms with Crippen LogP contribution in [0.5, 0.6) is 0 Å². The van der Waals surface area contributed by atoms with Crippen LogP contribution in [0, 0.1) is 0 Å². The minimum absolute atomic E-state index is 0.0880. The zero-order chi connectivity index (χ0) is 25.6. The summed E-state index contributed by atoms with van der Waals surface area (Å²) in [6, 6.07) is 8.53. The number of nitrogens with one attached hydrogen (secondary N) is 1. The van der Waals surface area contributed by atoms with E-state index in [1.807, 2.05) is 6.07 Å². The van der Waals surface area contributed by atoms with Crippen LogP contribution < -0.4 is 5.32 Å². The predicted octanol–water partition coefficient (Wildman–Crippen LogP) is 2.08. The topological polar surface area (TPSA) is 144 Å². The highest BCUT2D eigenvalue weighted by Crippen LogP contribution is 2.24. The average molecular weight is 498 g/mol. The van der Waals surface area contributed by atoms with E-state index >= 15 is 0 Å². The number of sulfone groups is 1. The van der Waals surface area contributed by atoms with Gasteiger partial charge in [0.1, 0.15) is 0 Å². The Balaban J connectivity index is 0.000000620. The summed E-state index contributed by atoms with van der Waals surface area (Å²) in [4.78, 5) is 35.9. The number of likely N-dealkylation sites (tertiary alicyclic amines) is 1. The van der Waals surface area contributed by atoms with Crippen LogP contribution in [0.4, 0.5) is 4.79 Å². The summed E-state index contributed by atoms with van der Waals surface area (Å²) in [5, 5.41) is 18.2. The number of nitrogens with zero attached hydrogens (tertiary/aromatic N) is 2. The predicted molar refractivity (Wildman–Crippen MR) is 128 cm³/mol. The summed E-state index contributed by atoms with van der Waals surface area (Å²) in [6.45, 7) is 8.68. The van der Waals surface area contributed by atoms with Gasteiger partial charge in [0.2, 0.25) is 0 Å². The number of carboxylic acid groups (broad SMARTS) is 2. The largest absolute Gasteiger partial charge is 0.478 e. The molecule has 1 atom stereocenters. The number of rotatable bonds is 9. The highest BCUT2D eigenvalue weighted by atomic mass is 32.2. The number of carboxylic acids is 2. The fraction of sp³-hybridized carbons (Fsp3) is 0.522. The third-order valence-corrected chi connectivity index (χ3v) is 7.72. The molecule has 3 N–H and O–H groups in total. The Morgan fingerprint density at radius 1 is 1.03 bits per heavy atom. The second-order valence-electron chi connectivity index (χ2n) is 7.67. The van der Waals surface area contributed by atoms with E-state index in [4.69, 9.17) is 10.2 Å². The van der Waals surface area contributed by atoms with Gasteiger partial charge >= 0.3 is 18.0 Å². The smallest absolute Gasteiger partial charge is 0.328 e. The van der Waals surface area contributed by atoms with E-state index in [-0.39, 0.29) is 6.03 Å². The lowest BCUT2D eigenvalue weighted by atomic mass is 10.2. The lowest BCUT2D eigenvalue weighted by Crippen LogP contribution is -2.43. The quantitative estimate of drug-likeness (QED) is 0.440. The van der Waals surface area contributed by atoms with Crippen LogP contribution in [-0.4, -0.2) is 90.9 Å². The molecule has 1 aliphatic rings. The fourth-order valence-corrected chi connectivity index (χ4v) is 5.31. The number of aliphatic carboxylic acids is 2. The molecule has 1 fully saturated rings. The Labute approximate surface area is 201 Å². The molecule has 10 nitrogen and oxygen atoms in total. The normalized spacial score (nSPS) is 16.4. The lowest BCUT2D eigenvalue weighted by Gasteiger charge is -2.23. The molecule has 1 heterocycles. The van der Waals surface area contributed by atoms with Crippen LogP contribution in [0.3, 0.4) is 0 Å². The summed E-state index contributed by atoms with van der Waals surface area (Å²) in [7, 11) is -3.33. The zero-order valence-corrected chi connectivity index (χ0v) is 20.5.